The van der Waals surface area contributed by atoms with Crippen LogP contribution in [0.4, 0.5) is 0 Å². The van der Waals surface area contributed by atoms with Crippen molar-refractivity contribution >= 4 is 11.8 Å². The minimum Gasteiger partial charge on any atom is -0.472 e. The highest BCUT2D eigenvalue weighted by molar-refractivity contribution is 5.94. The van der Waals surface area contributed by atoms with Gasteiger partial charge in [0.05, 0.1) is 17.9 Å². The van der Waals surface area contributed by atoms with Gasteiger partial charge in [-0.25, -0.2) is 0 Å². The van der Waals surface area contributed by atoms with Crippen LogP contribution in [0.5, 0.6) is 0 Å². The van der Waals surface area contributed by atoms with Gasteiger partial charge in [0.25, 0.3) is 5.91 Å². The lowest BCUT2D eigenvalue weighted by Crippen LogP contribution is -2.42. The van der Waals surface area contributed by atoms with Crippen LogP contribution in [-0.4, -0.2) is 60.5 Å². The molecule has 0 radical (unpaired) electrons. The van der Waals surface area contributed by atoms with Gasteiger partial charge in [-0.2, -0.15) is 0 Å². The van der Waals surface area contributed by atoms with Crippen LogP contribution in [0.15, 0.2) is 23.0 Å². The first-order valence-corrected chi connectivity index (χ1v) is 9.34. The normalized spacial score (nSPS) is 21.5. The van der Waals surface area contributed by atoms with E-state index >= 15 is 0 Å². The zero-order valence-corrected chi connectivity index (χ0v) is 15.0. The van der Waals surface area contributed by atoms with E-state index in [-0.39, 0.29) is 17.9 Å². The molecule has 1 aromatic rings. The molecule has 0 aliphatic carbocycles. The fourth-order valence-corrected chi connectivity index (χ4v) is 3.53. The highest BCUT2D eigenvalue weighted by Crippen LogP contribution is 2.18. The predicted molar refractivity (Wildman–Crippen MR) is 93.2 cm³/mol. The van der Waals surface area contributed by atoms with Gasteiger partial charge in [0.15, 0.2) is 0 Å². The lowest BCUT2D eigenvalue weighted by atomic mass is 9.99. The van der Waals surface area contributed by atoms with Gasteiger partial charge in [-0.15, -0.1) is 0 Å². The Morgan fingerprint density at radius 2 is 2.08 bits per heavy atom. The van der Waals surface area contributed by atoms with Crippen molar-refractivity contribution in [3.63, 3.8) is 0 Å². The molecule has 0 saturated carbocycles. The zero-order valence-electron chi connectivity index (χ0n) is 15.0. The molecule has 1 atom stereocenters. The van der Waals surface area contributed by atoms with Crippen LogP contribution in [0.25, 0.3) is 0 Å². The Balaban J connectivity index is 1.56. The van der Waals surface area contributed by atoms with Crippen LogP contribution in [0.2, 0.25) is 0 Å². The Morgan fingerprint density at radius 3 is 2.72 bits per heavy atom. The molecule has 3 rings (SSSR count). The first-order chi connectivity index (χ1) is 12.1. The molecule has 2 aliphatic rings. The quantitative estimate of drug-likeness (QED) is 0.793. The van der Waals surface area contributed by atoms with Crippen LogP contribution >= 0.6 is 0 Å². The molecule has 138 valence electrons. The van der Waals surface area contributed by atoms with Gasteiger partial charge in [-0.3, -0.25) is 9.59 Å². The SMILES string of the molecule is CC1CCN(C(=O)CCN(CC2CCCO2)C(=O)c2ccoc2)CC1. The van der Waals surface area contributed by atoms with Crippen LogP contribution in [-0.2, 0) is 9.53 Å². The van der Waals surface area contributed by atoms with E-state index in [0.717, 1.165) is 45.4 Å². The number of ether oxygens (including phenoxy) is 1. The van der Waals surface area contributed by atoms with Crippen molar-refractivity contribution in [1.82, 2.24) is 9.80 Å². The summed E-state index contributed by atoms with van der Waals surface area (Å²) in [6.07, 6.45) is 7.53. The van der Waals surface area contributed by atoms with E-state index in [1.807, 2.05) is 4.90 Å². The van der Waals surface area contributed by atoms with Gasteiger partial charge in [0.2, 0.25) is 5.91 Å². The number of rotatable bonds is 6. The first-order valence-electron chi connectivity index (χ1n) is 9.34. The summed E-state index contributed by atoms with van der Waals surface area (Å²) in [6, 6.07) is 1.67. The van der Waals surface area contributed by atoms with Crippen molar-refractivity contribution in [3.8, 4) is 0 Å². The summed E-state index contributed by atoms with van der Waals surface area (Å²) in [4.78, 5) is 28.9. The average molecular weight is 348 g/mol. The number of carbonyl (C=O) groups is 2. The third-order valence-corrected chi connectivity index (χ3v) is 5.24. The number of carbonyl (C=O) groups excluding carboxylic acids is 2. The molecule has 6 nitrogen and oxygen atoms in total. The average Bonchev–Trinajstić information content (AvgIpc) is 3.32. The van der Waals surface area contributed by atoms with Crippen molar-refractivity contribution in [2.75, 3.05) is 32.8 Å². The summed E-state index contributed by atoms with van der Waals surface area (Å²) < 4.78 is 10.7. The summed E-state index contributed by atoms with van der Waals surface area (Å²) in [7, 11) is 0. The molecule has 2 aliphatic heterocycles. The van der Waals surface area contributed by atoms with Gasteiger partial charge in [0.1, 0.15) is 6.26 Å². The maximum Gasteiger partial charge on any atom is 0.257 e. The van der Waals surface area contributed by atoms with E-state index in [4.69, 9.17) is 9.15 Å². The van der Waals surface area contributed by atoms with Crippen LogP contribution < -0.4 is 0 Å². The molecular formula is C19H28N2O4. The summed E-state index contributed by atoms with van der Waals surface area (Å²) in [6.45, 7) is 5.62. The largest absolute Gasteiger partial charge is 0.472 e. The number of likely N-dealkylation sites (tertiary alicyclic amines) is 1. The van der Waals surface area contributed by atoms with Gasteiger partial charge in [-0.05, 0) is 37.7 Å². The number of furan rings is 1. The minimum atomic E-state index is -0.0932. The van der Waals surface area contributed by atoms with Crippen molar-refractivity contribution in [2.45, 2.75) is 45.1 Å². The second-order valence-electron chi connectivity index (χ2n) is 7.21. The van der Waals surface area contributed by atoms with Crippen LogP contribution in [0.1, 0.15) is 49.4 Å². The lowest BCUT2D eigenvalue weighted by Gasteiger charge is -2.31. The predicted octanol–water partition coefficient (Wildman–Crippen LogP) is 2.55. The van der Waals surface area contributed by atoms with E-state index in [9.17, 15) is 9.59 Å². The number of nitrogens with zero attached hydrogens (tertiary/aromatic N) is 2. The molecule has 0 N–H and O–H groups in total. The highest BCUT2D eigenvalue weighted by Gasteiger charge is 2.26. The maximum atomic E-state index is 12.7. The van der Waals surface area contributed by atoms with Gasteiger partial charge in [0, 0.05) is 39.2 Å². The highest BCUT2D eigenvalue weighted by atomic mass is 16.5. The van der Waals surface area contributed by atoms with Gasteiger partial charge < -0.3 is 19.0 Å². The molecule has 2 fully saturated rings. The maximum absolute atomic E-state index is 12.7. The van der Waals surface area contributed by atoms with E-state index in [0.29, 0.717) is 31.0 Å². The molecule has 0 bridgehead atoms. The molecular weight excluding hydrogens is 320 g/mol. The molecule has 0 aromatic carbocycles. The molecule has 2 saturated heterocycles. The number of amides is 2. The minimum absolute atomic E-state index is 0.0711. The lowest BCUT2D eigenvalue weighted by molar-refractivity contribution is -0.132. The van der Waals surface area contributed by atoms with E-state index in [1.165, 1.54) is 12.5 Å². The molecule has 1 unspecified atom stereocenters. The van der Waals surface area contributed by atoms with Crippen molar-refractivity contribution in [3.05, 3.63) is 24.2 Å². The molecule has 0 spiro atoms. The summed E-state index contributed by atoms with van der Waals surface area (Å²) in [5.74, 6) is 0.747. The Morgan fingerprint density at radius 1 is 1.28 bits per heavy atom. The first kappa shape index (κ1) is 18.0. The number of hydrogen-bond acceptors (Lipinski definition) is 4. The zero-order chi connectivity index (χ0) is 17.6. The fourth-order valence-electron chi connectivity index (χ4n) is 3.53. The number of piperidine rings is 1. The standard InChI is InChI=1S/C19H28N2O4/c1-15-4-8-20(9-5-15)18(22)6-10-21(13-17-3-2-11-25-17)19(23)16-7-12-24-14-16/h7,12,14-15,17H,2-6,8-11,13H2,1H3. The Hall–Kier alpha value is -1.82. The van der Waals surface area contributed by atoms with Crippen LogP contribution in [0, 0.1) is 5.92 Å². The molecule has 25 heavy (non-hydrogen) atoms. The fraction of sp³-hybridized carbons (Fsp3) is 0.684. The Bertz CT molecular complexity index is 558. The van der Waals surface area contributed by atoms with Gasteiger partial charge >= 0.3 is 0 Å². The molecule has 3 heterocycles. The van der Waals surface area contributed by atoms with Crippen molar-refractivity contribution < 1.29 is 18.7 Å². The van der Waals surface area contributed by atoms with Crippen molar-refractivity contribution in [1.29, 1.82) is 0 Å². The second-order valence-corrected chi connectivity index (χ2v) is 7.21. The van der Waals surface area contributed by atoms with E-state index in [1.54, 1.807) is 11.0 Å². The third-order valence-electron chi connectivity index (χ3n) is 5.24. The van der Waals surface area contributed by atoms with Gasteiger partial charge in [-0.1, -0.05) is 6.92 Å². The molecule has 1 aromatic heterocycles. The van der Waals surface area contributed by atoms with E-state index in [2.05, 4.69) is 6.92 Å². The summed E-state index contributed by atoms with van der Waals surface area (Å²) >= 11 is 0. The Labute approximate surface area is 149 Å². The number of hydrogen-bond donors (Lipinski definition) is 0. The van der Waals surface area contributed by atoms with E-state index < -0.39 is 0 Å². The summed E-state index contributed by atoms with van der Waals surface area (Å²) in [5.41, 5.74) is 0.525. The smallest absolute Gasteiger partial charge is 0.257 e. The second kappa shape index (κ2) is 8.52. The van der Waals surface area contributed by atoms with Crippen molar-refractivity contribution in [2.24, 2.45) is 5.92 Å². The Kier molecular flexibility index (Phi) is 6.13. The molecule has 2 amide bonds. The van der Waals surface area contributed by atoms with Crippen LogP contribution in [0.3, 0.4) is 0 Å². The summed E-state index contributed by atoms with van der Waals surface area (Å²) in [5, 5.41) is 0. The topological polar surface area (TPSA) is 63.0 Å². The molecule has 6 heteroatoms. The monoisotopic (exact) mass is 348 g/mol. The third kappa shape index (κ3) is 4.84.